The van der Waals surface area contributed by atoms with Gasteiger partial charge in [-0.2, -0.15) is 0 Å². The van der Waals surface area contributed by atoms with E-state index in [0.717, 1.165) is 34.8 Å². The third kappa shape index (κ3) is 5.05. The molecule has 2 aromatic carbocycles. The highest BCUT2D eigenvalue weighted by Crippen LogP contribution is 2.36. The lowest BCUT2D eigenvalue weighted by Crippen LogP contribution is -2.57. The number of amides is 4. The molecule has 1 N–H and O–H groups in total. The molecule has 1 aliphatic heterocycles. The second-order valence-corrected chi connectivity index (χ2v) is 9.40. The molecule has 4 rings (SSSR count). The van der Waals surface area contributed by atoms with Crippen molar-refractivity contribution < 1.29 is 23.9 Å². The zero-order valence-corrected chi connectivity index (χ0v) is 20.7. The fourth-order valence-corrected chi connectivity index (χ4v) is 4.92. The second kappa shape index (κ2) is 9.94. The molecule has 7 nitrogen and oxygen atoms in total. The maximum atomic E-state index is 13.0. The number of carbonyl (C=O) groups is 3. The number of nitrogens with one attached hydrogen (secondary N) is 1. The maximum Gasteiger partial charge on any atom is 0.331 e. The summed E-state index contributed by atoms with van der Waals surface area (Å²) in [4.78, 5) is 39.0. The van der Waals surface area contributed by atoms with Gasteiger partial charge < -0.3 is 9.47 Å². The fourth-order valence-electron chi connectivity index (χ4n) is 4.13. The minimum absolute atomic E-state index is 0.0623. The summed E-state index contributed by atoms with van der Waals surface area (Å²) < 4.78 is 12.3. The van der Waals surface area contributed by atoms with Gasteiger partial charge in [-0.3, -0.25) is 19.8 Å². The Kier molecular flexibility index (Phi) is 7.02. The van der Waals surface area contributed by atoms with Crippen LogP contribution in [0.3, 0.4) is 0 Å². The van der Waals surface area contributed by atoms with Gasteiger partial charge in [-0.1, -0.05) is 42.7 Å². The van der Waals surface area contributed by atoms with E-state index in [1.807, 2.05) is 37.3 Å². The molecule has 0 atom stereocenters. The quantitative estimate of drug-likeness (QED) is 0.318. The summed E-state index contributed by atoms with van der Waals surface area (Å²) in [5.41, 5.74) is 2.76. The van der Waals surface area contributed by atoms with E-state index in [1.165, 1.54) is 16.5 Å². The third-order valence-electron chi connectivity index (χ3n) is 5.89. The van der Waals surface area contributed by atoms with E-state index in [2.05, 4.69) is 27.9 Å². The summed E-state index contributed by atoms with van der Waals surface area (Å²) in [6.45, 7) is 2.41. The summed E-state index contributed by atoms with van der Waals surface area (Å²) in [6, 6.07) is 10.8. The number of hydrogen-bond acceptors (Lipinski definition) is 5. The number of urea groups is 1. The van der Waals surface area contributed by atoms with Gasteiger partial charge in [0.1, 0.15) is 12.2 Å². The maximum absolute atomic E-state index is 13.0. The molecule has 33 heavy (non-hydrogen) atoms. The van der Waals surface area contributed by atoms with Crippen LogP contribution in [0.2, 0.25) is 0 Å². The van der Waals surface area contributed by atoms with Crippen molar-refractivity contribution in [2.24, 2.45) is 0 Å². The van der Waals surface area contributed by atoms with Gasteiger partial charge in [0, 0.05) is 6.04 Å². The predicted molar refractivity (Wildman–Crippen MR) is 132 cm³/mol. The van der Waals surface area contributed by atoms with E-state index in [1.54, 1.807) is 13.2 Å². The molecule has 1 saturated heterocycles. The lowest BCUT2D eigenvalue weighted by Gasteiger charge is -2.31. The van der Waals surface area contributed by atoms with Gasteiger partial charge in [0.25, 0.3) is 11.8 Å². The van der Waals surface area contributed by atoms with Crippen LogP contribution in [-0.2, 0) is 16.2 Å². The van der Waals surface area contributed by atoms with Crippen LogP contribution in [0.5, 0.6) is 11.5 Å². The molecule has 1 heterocycles. The van der Waals surface area contributed by atoms with Crippen molar-refractivity contribution in [1.82, 2.24) is 10.2 Å². The summed E-state index contributed by atoms with van der Waals surface area (Å²) >= 11 is 2.14. The topological polar surface area (TPSA) is 84.9 Å². The first-order chi connectivity index (χ1) is 15.9. The Balaban J connectivity index is 1.59. The van der Waals surface area contributed by atoms with Gasteiger partial charge in [-0.05, 0) is 71.7 Å². The van der Waals surface area contributed by atoms with E-state index < -0.39 is 17.8 Å². The Hall–Kier alpha value is -2.88. The molecular weight excluding hydrogens is 535 g/mol. The molecule has 0 radical (unpaired) electrons. The Morgan fingerprint density at radius 1 is 1.12 bits per heavy atom. The number of carbonyl (C=O) groups excluding carboxylic acids is 3. The molecule has 2 aromatic rings. The molecule has 1 aliphatic carbocycles. The van der Waals surface area contributed by atoms with Crippen molar-refractivity contribution in [2.75, 3.05) is 7.11 Å². The fraction of sp³-hybridized carbons (Fsp3) is 0.320. The zero-order chi connectivity index (χ0) is 23.5. The first kappa shape index (κ1) is 23.3. The van der Waals surface area contributed by atoms with Gasteiger partial charge in [0.15, 0.2) is 11.5 Å². The van der Waals surface area contributed by atoms with Crippen LogP contribution in [0.25, 0.3) is 6.08 Å². The lowest BCUT2D eigenvalue weighted by atomic mass is 10.0. The molecule has 2 aliphatic rings. The Morgan fingerprint density at radius 2 is 1.82 bits per heavy atom. The minimum Gasteiger partial charge on any atom is -0.493 e. The molecule has 0 aromatic heterocycles. The van der Waals surface area contributed by atoms with Crippen molar-refractivity contribution in [3.05, 3.63) is 62.2 Å². The Labute approximate surface area is 206 Å². The van der Waals surface area contributed by atoms with Gasteiger partial charge >= 0.3 is 6.03 Å². The van der Waals surface area contributed by atoms with Crippen LogP contribution in [0, 0.1) is 10.5 Å². The highest BCUT2D eigenvalue weighted by molar-refractivity contribution is 14.1. The van der Waals surface area contributed by atoms with Crippen LogP contribution in [0.15, 0.2) is 42.0 Å². The van der Waals surface area contributed by atoms with Crippen molar-refractivity contribution in [3.63, 3.8) is 0 Å². The number of ether oxygens (including phenoxy) is 2. The SMILES string of the molecule is COc1cc(/C=C2\C(=O)NC(=O)N(C3CCCC3)C2=O)cc(I)c1OCc1ccc(C)cc1. The summed E-state index contributed by atoms with van der Waals surface area (Å²) in [6.07, 6.45) is 4.96. The van der Waals surface area contributed by atoms with E-state index in [0.29, 0.717) is 23.7 Å². The highest BCUT2D eigenvalue weighted by Gasteiger charge is 2.40. The summed E-state index contributed by atoms with van der Waals surface area (Å²) in [5, 5.41) is 2.31. The second-order valence-electron chi connectivity index (χ2n) is 8.24. The standard InChI is InChI=1S/C25H25IN2O5/c1-15-7-9-16(10-8-15)14-33-22-20(26)12-17(13-21(22)32-2)11-19-23(29)27-25(31)28(24(19)30)18-5-3-4-6-18/h7-13,18H,3-6,14H2,1-2H3,(H,27,29,31)/b19-11+. The average Bonchev–Trinajstić information content (AvgIpc) is 3.31. The summed E-state index contributed by atoms with van der Waals surface area (Å²) in [5.74, 6) is -0.159. The van der Waals surface area contributed by atoms with Gasteiger partial charge in [-0.15, -0.1) is 0 Å². The largest absolute Gasteiger partial charge is 0.493 e. The molecular formula is C25H25IN2O5. The Morgan fingerprint density at radius 3 is 2.48 bits per heavy atom. The number of benzene rings is 2. The molecule has 1 saturated carbocycles. The number of barbiturate groups is 1. The van der Waals surface area contributed by atoms with Crippen molar-refractivity contribution in [1.29, 1.82) is 0 Å². The van der Waals surface area contributed by atoms with Crippen molar-refractivity contribution >= 4 is 46.5 Å². The monoisotopic (exact) mass is 560 g/mol. The van der Waals surface area contributed by atoms with Crippen LogP contribution in [0.4, 0.5) is 4.79 Å². The normalized spacial score (nSPS) is 18.1. The minimum atomic E-state index is -0.687. The first-order valence-electron chi connectivity index (χ1n) is 10.8. The number of aryl methyl sites for hydroxylation is 1. The molecule has 0 bridgehead atoms. The molecule has 2 fully saturated rings. The number of imide groups is 2. The van der Waals surface area contributed by atoms with E-state index >= 15 is 0 Å². The van der Waals surface area contributed by atoms with Crippen LogP contribution < -0.4 is 14.8 Å². The molecule has 172 valence electrons. The van der Waals surface area contributed by atoms with Crippen LogP contribution in [0.1, 0.15) is 42.4 Å². The number of halogens is 1. The number of rotatable bonds is 6. The summed E-state index contributed by atoms with van der Waals surface area (Å²) in [7, 11) is 1.54. The van der Waals surface area contributed by atoms with Gasteiger partial charge in [0.2, 0.25) is 0 Å². The Bertz CT molecular complexity index is 1120. The third-order valence-corrected chi connectivity index (χ3v) is 6.69. The molecule has 0 spiro atoms. The predicted octanol–water partition coefficient (Wildman–Crippen LogP) is 4.59. The van der Waals surface area contributed by atoms with Crippen LogP contribution in [-0.4, -0.2) is 35.9 Å². The molecule has 8 heteroatoms. The lowest BCUT2D eigenvalue weighted by molar-refractivity contribution is -0.131. The van der Waals surface area contributed by atoms with E-state index in [9.17, 15) is 14.4 Å². The molecule has 0 unspecified atom stereocenters. The van der Waals surface area contributed by atoms with Gasteiger partial charge in [0.05, 0.1) is 10.7 Å². The molecule has 4 amide bonds. The first-order valence-corrected chi connectivity index (χ1v) is 11.9. The van der Waals surface area contributed by atoms with Crippen LogP contribution >= 0.6 is 22.6 Å². The number of hydrogen-bond donors (Lipinski definition) is 1. The average molecular weight is 560 g/mol. The zero-order valence-electron chi connectivity index (χ0n) is 18.5. The smallest absolute Gasteiger partial charge is 0.331 e. The van der Waals surface area contributed by atoms with E-state index in [-0.39, 0.29) is 11.6 Å². The number of methoxy groups -OCH3 is 1. The van der Waals surface area contributed by atoms with Crippen molar-refractivity contribution in [3.8, 4) is 11.5 Å². The highest BCUT2D eigenvalue weighted by atomic mass is 127. The van der Waals surface area contributed by atoms with Gasteiger partial charge in [-0.25, -0.2) is 4.79 Å². The van der Waals surface area contributed by atoms with E-state index in [4.69, 9.17) is 9.47 Å². The number of nitrogens with zero attached hydrogens (tertiary/aromatic N) is 1. The van der Waals surface area contributed by atoms with Crippen molar-refractivity contribution in [2.45, 2.75) is 45.3 Å².